The largest absolute Gasteiger partial charge is 0.256 e. The first-order chi connectivity index (χ1) is 10.7. The lowest BCUT2D eigenvalue weighted by atomic mass is 10.0. The molecular formula is C16H20N2O2S2. The summed E-state index contributed by atoms with van der Waals surface area (Å²) in [5.74, 6) is 0. The highest BCUT2D eigenvalue weighted by atomic mass is 32.2. The Hall–Kier alpha value is -1.24. The van der Waals surface area contributed by atoms with Gasteiger partial charge in [0.15, 0.2) is 0 Å². The molecule has 2 heterocycles. The van der Waals surface area contributed by atoms with Crippen molar-refractivity contribution in [2.45, 2.75) is 43.9 Å². The maximum absolute atomic E-state index is 12.4. The van der Waals surface area contributed by atoms with E-state index in [4.69, 9.17) is 0 Å². The second kappa shape index (κ2) is 6.89. The third-order valence-corrected chi connectivity index (χ3v) is 6.72. The molecule has 22 heavy (non-hydrogen) atoms. The van der Waals surface area contributed by atoms with Crippen LogP contribution in [0.5, 0.6) is 0 Å². The molecule has 0 saturated heterocycles. The molecule has 118 valence electrons. The van der Waals surface area contributed by atoms with Crippen molar-refractivity contribution in [1.82, 2.24) is 9.71 Å². The standard InChI is InChI=1S/C16H20N2O2S2/c19-22(20,15-6-2-1-3-7-15)18-11-13-5-4-9-17-16(13)14-8-10-21-12-14/h4-5,8-10,12,15,18H,1-3,6-7,11H2. The van der Waals surface area contributed by atoms with E-state index in [9.17, 15) is 8.42 Å². The second-order valence-electron chi connectivity index (χ2n) is 5.65. The number of aromatic nitrogens is 1. The van der Waals surface area contributed by atoms with Gasteiger partial charge in [-0.2, -0.15) is 11.3 Å². The molecule has 2 aromatic rings. The third kappa shape index (κ3) is 3.56. The van der Waals surface area contributed by atoms with E-state index in [1.165, 1.54) is 0 Å². The van der Waals surface area contributed by atoms with Crippen LogP contribution in [0, 0.1) is 0 Å². The molecule has 0 bridgehead atoms. The molecule has 0 atom stereocenters. The Labute approximate surface area is 135 Å². The fraction of sp³-hybridized carbons (Fsp3) is 0.438. The molecule has 0 spiro atoms. The summed E-state index contributed by atoms with van der Waals surface area (Å²) in [7, 11) is -3.24. The first kappa shape index (κ1) is 15.6. The Balaban J connectivity index is 1.74. The summed E-state index contributed by atoms with van der Waals surface area (Å²) < 4.78 is 27.6. The molecule has 0 radical (unpaired) electrons. The summed E-state index contributed by atoms with van der Waals surface area (Å²) in [6.45, 7) is 0.303. The van der Waals surface area contributed by atoms with E-state index < -0.39 is 10.0 Å². The van der Waals surface area contributed by atoms with Gasteiger partial charge in [-0.25, -0.2) is 13.1 Å². The highest BCUT2D eigenvalue weighted by Crippen LogP contribution is 2.25. The fourth-order valence-electron chi connectivity index (χ4n) is 2.91. The van der Waals surface area contributed by atoms with Gasteiger partial charge in [-0.05, 0) is 35.9 Å². The molecule has 1 saturated carbocycles. The summed E-state index contributed by atoms with van der Waals surface area (Å²) >= 11 is 1.61. The number of nitrogens with one attached hydrogen (secondary N) is 1. The van der Waals surface area contributed by atoms with E-state index in [0.29, 0.717) is 6.54 Å². The maximum atomic E-state index is 12.4. The van der Waals surface area contributed by atoms with Crippen LogP contribution in [0.2, 0.25) is 0 Å². The zero-order valence-corrected chi connectivity index (χ0v) is 14.0. The van der Waals surface area contributed by atoms with Gasteiger partial charge in [0.1, 0.15) is 0 Å². The van der Waals surface area contributed by atoms with Crippen LogP contribution in [0.15, 0.2) is 35.2 Å². The molecule has 0 unspecified atom stereocenters. The van der Waals surface area contributed by atoms with Crippen LogP contribution >= 0.6 is 11.3 Å². The van der Waals surface area contributed by atoms with E-state index in [1.807, 2.05) is 29.0 Å². The minimum Gasteiger partial charge on any atom is -0.256 e. The minimum absolute atomic E-state index is 0.234. The van der Waals surface area contributed by atoms with Crippen molar-refractivity contribution in [3.63, 3.8) is 0 Å². The molecule has 6 heteroatoms. The highest BCUT2D eigenvalue weighted by Gasteiger charge is 2.26. The average Bonchev–Trinajstić information content (AvgIpc) is 3.08. The number of rotatable bonds is 5. The van der Waals surface area contributed by atoms with Gasteiger partial charge in [0.2, 0.25) is 10.0 Å². The average molecular weight is 336 g/mol. The smallest absolute Gasteiger partial charge is 0.214 e. The van der Waals surface area contributed by atoms with Gasteiger partial charge in [-0.3, -0.25) is 4.98 Å². The number of thiophene rings is 1. The molecular weight excluding hydrogens is 316 g/mol. The van der Waals surface area contributed by atoms with Crippen molar-refractivity contribution in [3.05, 3.63) is 40.7 Å². The SMILES string of the molecule is O=S(=O)(NCc1cccnc1-c1ccsc1)C1CCCCC1. The first-order valence-electron chi connectivity index (χ1n) is 7.62. The summed E-state index contributed by atoms with van der Waals surface area (Å²) in [5, 5.41) is 3.80. The molecule has 0 amide bonds. The molecule has 1 N–H and O–H groups in total. The van der Waals surface area contributed by atoms with Crippen LogP contribution in [-0.4, -0.2) is 18.7 Å². The lowest BCUT2D eigenvalue weighted by molar-refractivity contribution is 0.477. The van der Waals surface area contributed by atoms with E-state index >= 15 is 0 Å². The molecule has 2 aromatic heterocycles. The van der Waals surface area contributed by atoms with Gasteiger partial charge in [0.25, 0.3) is 0 Å². The van der Waals surface area contributed by atoms with Crippen LogP contribution in [-0.2, 0) is 16.6 Å². The van der Waals surface area contributed by atoms with Gasteiger partial charge in [0.05, 0.1) is 10.9 Å². The molecule has 1 aliphatic rings. The highest BCUT2D eigenvalue weighted by molar-refractivity contribution is 7.90. The van der Waals surface area contributed by atoms with Crippen molar-refractivity contribution in [3.8, 4) is 11.3 Å². The van der Waals surface area contributed by atoms with Crippen molar-refractivity contribution in [1.29, 1.82) is 0 Å². The zero-order valence-electron chi connectivity index (χ0n) is 12.4. The Bertz CT molecular complexity index is 706. The Morgan fingerprint density at radius 1 is 1.23 bits per heavy atom. The number of hydrogen-bond donors (Lipinski definition) is 1. The van der Waals surface area contributed by atoms with Gasteiger partial charge in [-0.1, -0.05) is 25.3 Å². The van der Waals surface area contributed by atoms with Crippen LogP contribution in [0.1, 0.15) is 37.7 Å². The van der Waals surface area contributed by atoms with Crippen LogP contribution in [0.4, 0.5) is 0 Å². The van der Waals surface area contributed by atoms with Crippen molar-refractivity contribution in [2.75, 3.05) is 0 Å². The molecule has 1 fully saturated rings. The Kier molecular flexibility index (Phi) is 4.90. The van der Waals surface area contributed by atoms with Gasteiger partial charge in [-0.15, -0.1) is 0 Å². The minimum atomic E-state index is -3.24. The summed E-state index contributed by atoms with van der Waals surface area (Å²) in [6, 6.07) is 5.79. The lowest BCUT2D eigenvalue weighted by Crippen LogP contribution is -2.35. The fourth-order valence-corrected chi connectivity index (χ4v) is 5.10. The van der Waals surface area contributed by atoms with E-state index in [0.717, 1.165) is 48.9 Å². The van der Waals surface area contributed by atoms with Gasteiger partial charge < -0.3 is 0 Å². The van der Waals surface area contributed by atoms with Gasteiger partial charge >= 0.3 is 0 Å². The van der Waals surface area contributed by atoms with E-state index in [2.05, 4.69) is 9.71 Å². The normalized spacial score (nSPS) is 16.7. The molecule has 1 aliphatic carbocycles. The summed E-state index contributed by atoms with van der Waals surface area (Å²) in [6.07, 6.45) is 6.47. The first-order valence-corrected chi connectivity index (χ1v) is 10.1. The van der Waals surface area contributed by atoms with Crippen LogP contribution < -0.4 is 4.72 Å². The molecule has 4 nitrogen and oxygen atoms in total. The predicted molar refractivity (Wildman–Crippen MR) is 90.2 cm³/mol. The Morgan fingerprint density at radius 2 is 2.05 bits per heavy atom. The quantitative estimate of drug-likeness (QED) is 0.908. The maximum Gasteiger partial charge on any atom is 0.214 e. The van der Waals surface area contributed by atoms with Crippen molar-refractivity contribution in [2.24, 2.45) is 0 Å². The number of nitrogens with zero attached hydrogens (tertiary/aromatic N) is 1. The zero-order chi connectivity index (χ0) is 15.4. The number of sulfonamides is 1. The van der Waals surface area contributed by atoms with E-state index in [-0.39, 0.29) is 5.25 Å². The summed E-state index contributed by atoms with van der Waals surface area (Å²) in [4.78, 5) is 4.41. The van der Waals surface area contributed by atoms with E-state index in [1.54, 1.807) is 17.5 Å². The predicted octanol–water partition coefficient (Wildman–Crippen LogP) is 3.56. The van der Waals surface area contributed by atoms with Crippen molar-refractivity contribution < 1.29 is 8.42 Å². The summed E-state index contributed by atoms with van der Waals surface area (Å²) in [5.41, 5.74) is 2.81. The molecule has 0 aliphatic heterocycles. The van der Waals surface area contributed by atoms with Crippen molar-refractivity contribution >= 4 is 21.4 Å². The molecule has 0 aromatic carbocycles. The third-order valence-electron chi connectivity index (χ3n) is 4.14. The topological polar surface area (TPSA) is 59.1 Å². The molecule has 3 rings (SSSR count). The Morgan fingerprint density at radius 3 is 2.77 bits per heavy atom. The van der Waals surface area contributed by atoms with Crippen LogP contribution in [0.3, 0.4) is 0 Å². The number of hydrogen-bond acceptors (Lipinski definition) is 4. The number of pyridine rings is 1. The lowest BCUT2D eigenvalue weighted by Gasteiger charge is -2.22. The second-order valence-corrected chi connectivity index (χ2v) is 8.47. The van der Waals surface area contributed by atoms with Gasteiger partial charge in [0, 0.05) is 23.7 Å². The van der Waals surface area contributed by atoms with Crippen LogP contribution in [0.25, 0.3) is 11.3 Å². The monoisotopic (exact) mass is 336 g/mol.